The zero-order valence-electron chi connectivity index (χ0n) is 14.0. The van der Waals surface area contributed by atoms with Crippen molar-refractivity contribution in [3.8, 4) is 0 Å². The van der Waals surface area contributed by atoms with Crippen LogP contribution in [0.5, 0.6) is 0 Å². The first kappa shape index (κ1) is 16.7. The van der Waals surface area contributed by atoms with Gasteiger partial charge in [-0.15, -0.1) is 0 Å². The van der Waals surface area contributed by atoms with Gasteiger partial charge in [-0.1, -0.05) is 19.3 Å². The number of carbonyl (C=O) groups is 2. The van der Waals surface area contributed by atoms with Crippen molar-refractivity contribution in [3.63, 3.8) is 0 Å². The first-order valence-electron chi connectivity index (χ1n) is 7.99. The lowest BCUT2D eigenvalue weighted by molar-refractivity contribution is -0.445. The lowest BCUT2D eigenvalue weighted by atomic mass is 9.76. The number of carbonyl (C=O) groups excluding carboxylic acids is 2. The van der Waals surface area contributed by atoms with E-state index in [0.29, 0.717) is 0 Å². The molecule has 2 aliphatic heterocycles. The summed E-state index contributed by atoms with van der Waals surface area (Å²) in [7, 11) is 5.45. The summed E-state index contributed by atoms with van der Waals surface area (Å²) < 4.78 is 27.3. The summed E-state index contributed by atoms with van der Waals surface area (Å²) in [6.07, 6.45) is 4.50. The van der Waals surface area contributed by atoms with Gasteiger partial charge >= 0.3 is 11.9 Å². The van der Waals surface area contributed by atoms with Gasteiger partial charge in [0, 0.05) is 26.1 Å². The smallest absolute Gasteiger partial charge is 0.344 e. The van der Waals surface area contributed by atoms with Gasteiger partial charge in [0.25, 0.3) is 0 Å². The Morgan fingerprint density at radius 1 is 0.826 bits per heavy atom. The van der Waals surface area contributed by atoms with Crippen LogP contribution in [0.2, 0.25) is 0 Å². The van der Waals surface area contributed by atoms with Crippen LogP contribution in [0.1, 0.15) is 32.1 Å². The van der Waals surface area contributed by atoms with E-state index in [4.69, 9.17) is 23.7 Å². The second kappa shape index (κ2) is 5.43. The van der Waals surface area contributed by atoms with Gasteiger partial charge in [-0.25, -0.2) is 9.59 Å². The lowest BCUT2D eigenvalue weighted by Crippen LogP contribution is -2.84. The van der Waals surface area contributed by atoms with Crippen LogP contribution in [0.3, 0.4) is 0 Å². The lowest BCUT2D eigenvalue weighted by Gasteiger charge is -2.59. The fraction of sp³-hybridized carbons (Fsp3) is 0.875. The molecular weight excluding hydrogens is 304 g/mol. The van der Waals surface area contributed by atoms with Crippen molar-refractivity contribution in [3.05, 3.63) is 0 Å². The Labute approximate surface area is 135 Å². The Bertz CT molecular complexity index is 475. The van der Waals surface area contributed by atoms with Crippen molar-refractivity contribution >= 4 is 11.9 Å². The maximum Gasteiger partial charge on any atom is 0.344 e. The predicted molar refractivity (Wildman–Crippen MR) is 77.4 cm³/mol. The van der Waals surface area contributed by atoms with Gasteiger partial charge in [0.2, 0.25) is 17.0 Å². The van der Waals surface area contributed by atoms with Gasteiger partial charge in [-0.2, -0.15) is 0 Å². The average molecular weight is 328 g/mol. The fourth-order valence-corrected chi connectivity index (χ4v) is 5.19. The third kappa shape index (κ3) is 1.56. The Hall–Kier alpha value is -1.18. The maximum atomic E-state index is 12.7. The van der Waals surface area contributed by atoms with Gasteiger partial charge in [0.15, 0.2) is 0 Å². The van der Waals surface area contributed by atoms with Crippen molar-refractivity contribution in [2.75, 3.05) is 28.4 Å². The number of rotatable bonds is 4. The molecule has 130 valence electrons. The number of ether oxygens (including phenoxy) is 5. The molecule has 0 spiro atoms. The van der Waals surface area contributed by atoms with Gasteiger partial charge in [-0.3, -0.25) is 0 Å². The van der Waals surface area contributed by atoms with E-state index in [0.717, 1.165) is 32.1 Å². The molecule has 4 rings (SSSR count). The largest absolute Gasteiger partial charge is 0.467 e. The SMILES string of the molecule is COC(=O)[C@@]12O[C@@](C(=O)OC)([C@H]3CCCCC[C@H]31)C2(OC)OC. The fourth-order valence-electron chi connectivity index (χ4n) is 5.19. The number of methoxy groups -OCH3 is 4. The van der Waals surface area contributed by atoms with E-state index < -0.39 is 28.9 Å². The van der Waals surface area contributed by atoms with Crippen molar-refractivity contribution in [2.45, 2.75) is 49.1 Å². The summed E-state index contributed by atoms with van der Waals surface area (Å²) in [5.74, 6) is -3.04. The highest BCUT2D eigenvalue weighted by atomic mass is 16.8. The van der Waals surface area contributed by atoms with Crippen molar-refractivity contribution in [1.82, 2.24) is 0 Å². The van der Waals surface area contributed by atoms with Crippen LogP contribution in [0, 0.1) is 11.8 Å². The van der Waals surface area contributed by atoms with Crippen molar-refractivity contribution < 1.29 is 33.3 Å². The van der Waals surface area contributed by atoms with E-state index >= 15 is 0 Å². The average Bonchev–Trinajstić information content (AvgIpc) is 2.81. The van der Waals surface area contributed by atoms with Gasteiger partial charge < -0.3 is 23.7 Å². The monoisotopic (exact) mass is 328 g/mol. The molecule has 2 saturated heterocycles. The quantitative estimate of drug-likeness (QED) is 0.563. The zero-order chi connectivity index (χ0) is 16.9. The summed E-state index contributed by atoms with van der Waals surface area (Å²) in [6, 6.07) is 0. The Balaban J connectivity index is 2.20. The molecule has 7 nitrogen and oxygen atoms in total. The van der Waals surface area contributed by atoms with E-state index in [1.54, 1.807) is 0 Å². The molecule has 0 radical (unpaired) electrons. The van der Waals surface area contributed by atoms with Crippen LogP contribution < -0.4 is 0 Å². The Kier molecular flexibility index (Phi) is 3.93. The Morgan fingerprint density at radius 3 is 1.61 bits per heavy atom. The third-order valence-electron chi connectivity index (χ3n) is 5.91. The summed E-state index contributed by atoms with van der Waals surface area (Å²) in [4.78, 5) is 25.3. The van der Waals surface area contributed by atoms with E-state index in [1.165, 1.54) is 28.4 Å². The predicted octanol–water partition coefficient (Wildman–Crippen LogP) is 1.04. The van der Waals surface area contributed by atoms with Crippen LogP contribution in [0.25, 0.3) is 0 Å². The topological polar surface area (TPSA) is 80.3 Å². The first-order chi connectivity index (χ1) is 11.0. The van der Waals surface area contributed by atoms with Crippen LogP contribution in [-0.4, -0.2) is 57.4 Å². The highest BCUT2D eigenvalue weighted by Crippen LogP contribution is 2.72. The highest BCUT2D eigenvalue weighted by molar-refractivity contribution is 5.94. The minimum Gasteiger partial charge on any atom is -0.467 e. The number of hydrogen-bond acceptors (Lipinski definition) is 7. The van der Waals surface area contributed by atoms with Crippen LogP contribution in [0.15, 0.2) is 0 Å². The molecule has 2 bridgehead atoms. The summed E-state index contributed by atoms with van der Waals surface area (Å²) >= 11 is 0. The van der Waals surface area contributed by atoms with E-state index in [2.05, 4.69) is 0 Å². The minimum absolute atomic E-state index is 0.198. The molecule has 0 aromatic carbocycles. The Morgan fingerprint density at radius 2 is 1.26 bits per heavy atom. The normalized spacial score (nSPS) is 40.5. The van der Waals surface area contributed by atoms with Gasteiger partial charge in [-0.05, 0) is 12.8 Å². The third-order valence-corrected chi connectivity index (χ3v) is 5.91. The molecule has 2 aliphatic carbocycles. The number of hydrogen-bond donors (Lipinski definition) is 0. The second-order valence-corrected chi connectivity index (χ2v) is 6.43. The molecule has 4 atom stereocenters. The molecule has 23 heavy (non-hydrogen) atoms. The molecule has 7 heteroatoms. The standard InChI is InChI=1S/C16H24O7/c1-19-12(17)14-10-8-6-5-7-9-11(10)15(23-14,13(18)20-2)16(14,21-3)22-4/h10-11H,5-9H2,1-4H3/t10-,11+,14+,15-. The van der Waals surface area contributed by atoms with E-state index in [-0.39, 0.29) is 11.8 Å². The molecule has 2 saturated carbocycles. The number of esters is 2. The maximum absolute atomic E-state index is 12.7. The zero-order valence-corrected chi connectivity index (χ0v) is 14.0. The van der Waals surface area contributed by atoms with E-state index in [9.17, 15) is 9.59 Å². The molecule has 0 N–H and O–H groups in total. The van der Waals surface area contributed by atoms with E-state index in [1.807, 2.05) is 0 Å². The van der Waals surface area contributed by atoms with Gasteiger partial charge in [0.1, 0.15) is 0 Å². The first-order valence-corrected chi connectivity index (χ1v) is 7.99. The van der Waals surface area contributed by atoms with Gasteiger partial charge in [0.05, 0.1) is 14.2 Å². The molecular formula is C16H24O7. The summed E-state index contributed by atoms with van der Waals surface area (Å²) in [5, 5.41) is 0. The summed E-state index contributed by atoms with van der Waals surface area (Å²) in [5.41, 5.74) is -2.84. The minimum atomic E-state index is -1.52. The molecule has 0 aromatic rings. The molecule has 4 aliphatic rings. The summed E-state index contributed by atoms with van der Waals surface area (Å²) in [6.45, 7) is 0. The molecule has 0 amide bonds. The van der Waals surface area contributed by atoms with Crippen LogP contribution >= 0.6 is 0 Å². The van der Waals surface area contributed by atoms with Crippen molar-refractivity contribution in [1.29, 1.82) is 0 Å². The molecule has 2 heterocycles. The van der Waals surface area contributed by atoms with Crippen LogP contribution in [-0.2, 0) is 33.3 Å². The van der Waals surface area contributed by atoms with Crippen LogP contribution in [0.4, 0.5) is 0 Å². The van der Waals surface area contributed by atoms with Crippen molar-refractivity contribution in [2.24, 2.45) is 11.8 Å². The second-order valence-electron chi connectivity index (χ2n) is 6.43. The highest BCUT2D eigenvalue weighted by Gasteiger charge is 2.96. The molecule has 0 aromatic heterocycles. The molecule has 4 fully saturated rings. The molecule has 0 unspecified atom stereocenters.